The molecule has 0 amide bonds. The van der Waals surface area contributed by atoms with Crippen LogP contribution < -0.4 is 14.2 Å². The Bertz CT molecular complexity index is 1380. The number of fused-ring (bicyclic) bond motifs is 2. The second kappa shape index (κ2) is 8.73. The molecule has 2 aliphatic rings. The fraction of sp³-hybridized carbons (Fsp3) is 0.393. The molecule has 1 aliphatic carbocycles. The number of aryl methyl sites for hydroxylation is 1. The van der Waals surface area contributed by atoms with E-state index in [9.17, 15) is 0 Å². The first-order valence-corrected chi connectivity index (χ1v) is 12.1. The van der Waals surface area contributed by atoms with Gasteiger partial charge < -0.3 is 23.4 Å². The lowest BCUT2D eigenvalue weighted by atomic mass is 10.0. The third-order valence-electron chi connectivity index (χ3n) is 7.32. The predicted molar refractivity (Wildman–Crippen MR) is 134 cm³/mol. The molecule has 0 radical (unpaired) electrons. The summed E-state index contributed by atoms with van der Waals surface area (Å²) >= 11 is 0. The van der Waals surface area contributed by atoms with E-state index in [1.165, 1.54) is 12.8 Å². The fourth-order valence-electron chi connectivity index (χ4n) is 5.28. The molecule has 3 heterocycles. The standard InChI is InChI=1S/C28H30N2O5/c1-18-12-19-4-5-20(13-24(19)34-18)35-23-6-9-29-22-15-26(25(31-2)14-21(22)23)33-11-10-30-16-27(32-3)28(17-30)7-8-28/h4-6,9,12-15,27H,7-8,10-11,16-17H2,1-3H3. The largest absolute Gasteiger partial charge is 0.493 e. The van der Waals surface area contributed by atoms with Gasteiger partial charge in [-0.15, -0.1) is 0 Å². The lowest BCUT2D eigenvalue weighted by Gasteiger charge is -2.17. The number of hydrogen-bond donors (Lipinski definition) is 0. The van der Waals surface area contributed by atoms with E-state index in [4.69, 9.17) is 23.4 Å². The number of hydrogen-bond acceptors (Lipinski definition) is 7. The van der Waals surface area contributed by atoms with Gasteiger partial charge in [-0.25, -0.2) is 0 Å². The quantitative estimate of drug-likeness (QED) is 0.330. The lowest BCUT2D eigenvalue weighted by molar-refractivity contribution is 0.0693. The molecule has 0 N–H and O–H groups in total. The van der Waals surface area contributed by atoms with Crippen molar-refractivity contribution in [1.82, 2.24) is 9.88 Å². The molecule has 1 saturated carbocycles. The first kappa shape index (κ1) is 22.2. The predicted octanol–water partition coefficient (Wildman–Crippen LogP) is 5.58. The highest BCUT2D eigenvalue weighted by atomic mass is 16.5. The van der Waals surface area contributed by atoms with Crippen LogP contribution in [0, 0.1) is 12.3 Å². The third-order valence-corrected chi connectivity index (χ3v) is 7.32. The number of ether oxygens (including phenoxy) is 4. The first-order valence-electron chi connectivity index (χ1n) is 12.1. The highest BCUT2D eigenvalue weighted by Gasteiger charge is 2.55. The average molecular weight is 475 g/mol. The van der Waals surface area contributed by atoms with Crippen LogP contribution in [0.1, 0.15) is 18.6 Å². The summed E-state index contributed by atoms with van der Waals surface area (Å²) < 4.78 is 29.5. The van der Waals surface area contributed by atoms with Gasteiger partial charge in [0, 0.05) is 61.3 Å². The molecule has 35 heavy (non-hydrogen) atoms. The smallest absolute Gasteiger partial charge is 0.163 e. The molecule has 4 aromatic rings. The summed E-state index contributed by atoms with van der Waals surface area (Å²) in [4.78, 5) is 6.99. The molecular weight excluding hydrogens is 444 g/mol. The van der Waals surface area contributed by atoms with Crippen LogP contribution in [0.5, 0.6) is 23.0 Å². The summed E-state index contributed by atoms with van der Waals surface area (Å²) in [5, 5.41) is 1.91. The number of nitrogens with zero attached hydrogens (tertiary/aromatic N) is 2. The Balaban J connectivity index is 1.19. The highest BCUT2D eigenvalue weighted by molar-refractivity contribution is 5.88. The van der Waals surface area contributed by atoms with Crippen LogP contribution in [0.3, 0.4) is 0 Å². The van der Waals surface area contributed by atoms with Crippen LogP contribution in [-0.2, 0) is 4.74 Å². The monoisotopic (exact) mass is 474 g/mol. The van der Waals surface area contributed by atoms with Crippen LogP contribution in [0.15, 0.2) is 53.1 Å². The zero-order valence-corrected chi connectivity index (χ0v) is 20.4. The SMILES string of the molecule is COc1cc2c(Oc3ccc4cc(C)oc4c3)ccnc2cc1OCCN1CC(OC)C2(CC2)C1. The number of likely N-dealkylation sites (tertiary alicyclic amines) is 1. The van der Waals surface area contributed by atoms with Gasteiger partial charge in [-0.3, -0.25) is 9.88 Å². The topological polar surface area (TPSA) is 66.2 Å². The normalized spacial score (nSPS) is 19.0. The van der Waals surface area contributed by atoms with Gasteiger partial charge in [0.05, 0.1) is 18.7 Å². The van der Waals surface area contributed by atoms with Crippen LogP contribution in [0.2, 0.25) is 0 Å². The molecule has 2 aromatic heterocycles. The molecule has 1 saturated heterocycles. The van der Waals surface area contributed by atoms with Crippen molar-refractivity contribution < 1.29 is 23.4 Å². The Hall–Kier alpha value is -3.29. The van der Waals surface area contributed by atoms with Crippen molar-refractivity contribution in [3.8, 4) is 23.0 Å². The van der Waals surface area contributed by atoms with E-state index in [-0.39, 0.29) is 0 Å². The number of benzene rings is 2. The number of furan rings is 1. The van der Waals surface area contributed by atoms with E-state index in [0.29, 0.717) is 41.1 Å². The molecule has 1 spiro atoms. The van der Waals surface area contributed by atoms with Crippen molar-refractivity contribution in [1.29, 1.82) is 0 Å². The molecule has 0 bridgehead atoms. The van der Waals surface area contributed by atoms with E-state index in [1.54, 1.807) is 13.3 Å². The minimum absolute atomic E-state index is 0.345. The molecule has 2 aromatic carbocycles. The molecule has 1 unspecified atom stereocenters. The maximum Gasteiger partial charge on any atom is 0.163 e. The molecule has 182 valence electrons. The highest BCUT2D eigenvalue weighted by Crippen LogP contribution is 2.53. The second-order valence-corrected chi connectivity index (χ2v) is 9.66. The summed E-state index contributed by atoms with van der Waals surface area (Å²) in [5.41, 5.74) is 1.97. The number of aromatic nitrogens is 1. The maximum atomic E-state index is 6.23. The van der Waals surface area contributed by atoms with Gasteiger partial charge in [-0.2, -0.15) is 0 Å². The summed E-state index contributed by atoms with van der Waals surface area (Å²) in [6.45, 7) is 5.44. The van der Waals surface area contributed by atoms with Gasteiger partial charge in [-0.05, 0) is 50.1 Å². The van der Waals surface area contributed by atoms with E-state index < -0.39 is 0 Å². The molecule has 6 rings (SSSR count). The Morgan fingerprint density at radius 1 is 1.06 bits per heavy atom. The Morgan fingerprint density at radius 3 is 2.71 bits per heavy atom. The van der Waals surface area contributed by atoms with Crippen molar-refractivity contribution in [3.05, 3.63) is 54.4 Å². The molecule has 1 aliphatic heterocycles. The van der Waals surface area contributed by atoms with Crippen molar-refractivity contribution in [3.63, 3.8) is 0 Å². The zero-order valence-electron chi connectivity index (χ0n) is 20.4. The number of pyridine rings is 1. The minimum Gasteiger partial charge on any atom is -0.493 e. The van der Waals surface area contributed by atoms with E-state index in [1.807, 2.05) is 56.5 Å². The van der Waals surface area contributed by atoms with Crippen LogP contribution in [0.25, 0.3) is 21.9 Å². The maximum absolute atomic E-state index is 6.23. The zero-order chi connectivity index (χ0) is 24.0. The minimum atomic E-state index is 0.345. The fourth-order valence-corrected chi connectivity index (χ4v) is 5.28. The summed E-state index contributed by atoms with van der Waals surface area (Å²) in [7, 11) is 3.48. The van der Waals surface area contributed by atoms with E-state index in [0.717, 1.165) is 47.3 Å². The Morgan fingerprint density at radius 2 is 1.94 bits per heavy atom. The van der Waals surface area contributed by atoms with Crippen molar-refractivity contribution >= 4 is 21.9 Å². The molecule has 2 fully saturated rings. The van der Waals surface area contributed by atoms with Crippen molar-refractivity contribution in [2.75, 3.05) is 40.5 Å². The van der Waals surface area contributed by atoms with Gasteiger partial charge >= 0.3 is 0 Å². The van der Waals surface area contributed by atoms with E-state index in [2.05, 4.69) is 9.88 Å². The van der Waals surface area contributed by atoms with E-state index >= 15 is 0 Å². The molecule has 7 nitrogen and oxygen atoms in total. The number of rotatable bonds is 8. The molecule has 1 atom stereocenters. The summed E-state index contributed by atoms with van der Waals surface area (Å²) in [6.07, 6.45) is 4.63. The summed E-state index contributed by atoms with van der Waals surface area (Å²) in [5.74, 6) is 3.61. The van der Waals surface area contributed by atoms with Crippen LogP contribution >= 0.6 is 0 Å². The number of methoxy groups -OCH3 is 2. The first-order chi connectivity index (χ1) is 17.1. The third kappa shape index (κ3) is 4.19. The Kier molecular flexibility index (Phi) is 5.54. The summed E-state index contributed by atoms with van der Waals surface area (Å²) in [6, 6.07) is 13.6. The van der Waals surface area contributed by atoms with Gasteiger partial charge in [0.25, 0.3) is 0 Å². The van der Waals surface area contributed by atoms with Crippen molar-refractivity contribution in [2.24, 2.45) is 5.41 Å². The van der Waals surface area contributed by atoms with Gasteiger partial charge in [-0.1, -0.05) is 0 Å². The Labute approximate surface area is 204 Å². The lowest BCUT2D eigenvalue weighted by Crippen LogP contribution is -2.27. The van der Waals surface area contributed by atoms with Gasteiger partial charge in [0.1, 0.15) is 29.4 Å². The second-order valence-electron chi connectivity index (χ2n) is 9.66. The molecule has 7 heteroatoms. The van der Waals surface area contributed by atoms with Gasteiger partial charge in [0.15, 0.2) is 11.5 Å². The van der Waals surface area contributed by atoms with Crippen molar-refractivity contribution in [2.45, 2.75) is 25.9 Å². The van der Waals surface area contributed by atoms with Crippen LogP contribution in [0.4, 0.5) is 0 Å². The molecular formula is C28H30N2O5. The van der Waals surface area contributed by atoms with Gasteiger partial charge in [0.2, 0.25) is 0 Å². The average Bonchev–Trinajstić information content (AvgIpc) is 3.40. The van der Waals surface area contributed by atoms with Crippen LogP contribution in [-0.4, -0.2) is 56.4 Å².